The van der Waals surface area contributed by atoms with Gasteiger partial charge in [-0.1, -0.05) is 0 Å². The van der Waals surface area contributed by atoms with E-state index in [9.17, 15) is 9.59 Å². The quantitative estimate of drug-likeness (QED) is 0.628. The van der Waals surface area contributed by atoms with Crippen molar-refractivity contribution in [2.24, 2.45) is 5.73 Å². The Morgan fingerprint density at radius 1 is 1.57 bits per heavy atom. The van der Waals surface area contributed by atoms with Crippen LogP contribution in [0.15, 0.2) is 18.3 Å². The minimum atomic E-state index is -1.11. The van der Waals surface area contributed by atoms with E-state index in [1.54, 1.807) is 6.07 Å². The molecule has 2 amide bonds. The number of nitrogens with one attached hydrogen (secondary N) is 1. The molecule has 1 rings (SSSR count). The smallest absolute Gasteiger partial charge is 0.354 e. The van der Waals surface area contributed by atoms with Crippen LogP contribution in [0.5, 0.6) is 0 Å². The lowest BCUT2D eigenvalue weighted by Crippen LogP contribution is -2.28. The first-order valence-corrected chi connectivity index (χ1v) is 3.81. The monoisotopic (exact) mass is 195 g/mol. The van der Waals surface area contributed by atoms with Gasteiger partial charge in [-0.3, -0.25) is 0 Å². The average Bonchev–Trinajstić information content (AvgIpc) is 2.15. The van der Waals surface area contributed by atoms with Crippen LogP contribution >= 0.6 is 0 Å². The first-order valence-electron chi connectivity index (χ1n) is 3.81. The molecule has 0 aliphatic carbocycles. The molecule has 1 aromatic heterocycles. The van der Waals surface area contributed by atoms with E-state index in [4.69, 9.17) is 10.8 Å². The normalized spacial score (nSPS) is 9.43. The highest BCUT2D eigenvalue weighted by molar-refractivity contribution is 5.85. The molecule has 6 nitrogen and oxygen atoms in total. The summed E-state index contributed by atoms with van der Waals surface area (Å²) in [5.74, 6) is -1.11. The van der Waals surface area contributed by atoms with Crippen molar-refractivity contribution < 1.29 is 14.7 Å². The van der Waals surface area contributed by atoms with Gasteiger partial charge < -0.3 is 16.2 Å². The molecule has 0 aliphatic rings. The van der Waals surface area contributed by atoms with Crippen LogP contribution in [0.3, 0.4) is 0 Å². The number of carbonyl (C=O) groups is 2. The lowest BCUT2D eigenvalue weighted by Gasteiger charge is -2.02. The van der Waals surface area contributed by atoms with E-state index >= 15 is 0 Å². The van der Waals surface area contributed by atoms with E-state index in [1.807, 2.05) is 0 Å². The molecule has 74 valence electrons. The molecule has 0 atom stereocenters. The molecule has 1 aromatic rings. The fourth-order valence-corrected chi connectivity index (χ4v) is 0.890. The predicted molar refractivity (Wildman–Crippen MR) is 47.6 cm³/mol. The summed E-state index contributed by atoms with van der Waals surface area (Å²) in [6.45, 7) is 0.193. The van der Waals surface area contributed by atoms with Gasteiger partial charge in [-0.05, 0) is 17.7 Å². The number of nitrogens with two attached hydrogens (primary N) is 1. The number of hydrogen-bond donors (Lipinski definition) is 3. The largest absolute Gasteiger partial charge is 0.477 e. The highest BCUT2D eigenvalue weighted by Gasteiger charge is 2.04. The topological polar surface area (TPSA) is 105 Å². The van der Waals surface area contributed by atoms with Crippen molar-refractivity contribution in [3.63, 3.8) is 0 Å². The van der Waals surface area contributed by atoms with E-state index in [-0.39, 0.29) is 12.2 Å². The molecule has 0 aliphatic heterocycles. The number of aromatic carboxylic acids is 1. The number of carboxylic acids is 1. The van der Waals surface area contributed by atoms with Gasteiger partial charge in [-0.15, -0.1) is 0 Å². The molecule has 0 bridgehead atoms. The summed E-state index contributed by atoms with van der Waals surface area (Å²) < 4.78 is 0. The number of rotatable bonds is 3. The zero-order valence-electron chi connectivity index (χ0n) is 7.23. The number of urea groups is 1. The van der Waals surface area contributed by atoms with Crippen molar-refractivity contribution >= 4 is 12.0 Å². The first kappa shape index (κ1) is 9.97. The molecule has 0 spiro atoms. The third-order valence-corrected chi connectivity index (χ3v) is 1.51. The Hall–Kier alpha value is -2.11. The van der Waals surface area contributed by atoms with E-state index in [2.05, 4.69) is 10.3 Å². The van der Waals surface area contributed by atoms with Crippen molar-refractivity contribution in [2.75, 3.05) is 0 Å². The van der Waals surface area contributed by atoms with Crippen molar-refractivity contribution in [1.29, 1.82) is 0 Å². The number of pyridine rings is 1. The second-order valence-electron chi connectivity index (χ2n) is 2.57. The number of nitrogens with zero attached hydrogens (tertiary/aromatic N) is 1. The number of carboxylic acid groups (broad SMARTS) is 1. The summed E-state index contributed by atoms with van der Waals surface area (Å²) in [5.41, 5.74) is 5.43. The second-order valence-corrected chi connectivity index (χ2v) is 2.57. The van der Waals surface area contributed by atoms with Crippen LogP contribution < -0.4 is 11.1 Å². The zero-order chi connectivity index (χ0) is 10.6. The van der Waals surface area contributed by atoms with Gasteiger partial charge in [-0.25, -0.2) is 14.6 Å². The summed E-state index contributed by atoms with van der Waals surface area (Å²) in [7, 11) is 0. The number of amides is 2. The van der Waals surface area contributed by atoms with Gasteiger partial charge in [-0.2, -0.15) is 0 Å². The maximum atomic E-state index is 10.5. The summed E-state index contributed by atoms with van der Waals surface area (Å²) in [6.07, 6.45) is 1.36. The number of hydrogen-bond acceptors (Lipinski definition) is 3. The van der Waals surface area contributed by atoms with E-state index < -0.39 is 12.0 Å². The van der Waals surface area contributed by atoms with Crippen LogP contribution in [0.25, 0.3) is 0 Å². The molecule has 6 heteroatoms. The molecule has 0 saturated carbocycles. The maximum absolute atomic E-state index is 10.5. The van der Waals surface area contributed by atoms with Crippen molar-refractivity contribution in [2.45, 2.75) is 6.54 Å². The summed E-state index contributed by atoms with van der Waals surface area (Å²) in [4.78, 5) is 24.5. The molecular weight excluding hydrogens is 186 g/mol. The summed E-state index contributed by atoms with van der Waals surface area (Å²) in [6, 6.07) is 2.32. The molecule has 0 unspecified atom stereocenters. The van der Waals surface area contributed by atoms with E-state index in [0.717, 1.165) is 0 Å². The van der Waals surface area contributed by atoms with Crippen LogP contribution in [0.1, 0.15) is 16.1 Å². The Balaban J connectivity index is 2.73. The minimum absolute atomic E-state index is 0.0613. The SMILES string of the molecule is NC(=O)NCc1ccnc(C(=O)O)c1. The van der Waals surface area contributed by atoms with Gasteiger partial charge in [0.2, 0.25) is 0 Å². The predicted octanol–water partition coefficient (Wildman–Crippen LogP) is -0.0519. The van der Waals surface area contributed by atoms with Crippen molar-refractivity contribution in [3.05, 3.63) is 29.6 Å². The van der Waals surface area contributed by atoms with Crippen LogP contribution in [0.2, 0.25) is 0 Å². The Labute approximate surface area is 79.8 Å². The van der Waals surface area contributed by atoms with E-state index in [1.165, 1.54) is 12.3 Å². The van der Waals surface area contributed by atoms with Gasteiger partial charge in [0.25, 0.3) is 0 Å². The summed E-state index contributed by atoms with van der Waals surface area (Å²) in [5, 5.41) is 11.0. The maximum Gasteiger partial charge on any atom is 0.354 e. The molecule has 0 saturated heterocycles. The minimum Gasteiger partial charge on any atom is -0.477 e. The Kier molecular flexibility index (Phi) is 3.01. The molecule has 1 heterocycles. The number of aromatic nitrogens is 1. The van der Waals surface area contributed by atoms with E-state index in [0.29, 0.717) is 5.56 Å². The number of primary amides is 1. The molecular formula is C8H9N3O3. The standard InChI is InChI=1S/C8H9N3O3/c9-8(14)11-4-5-1-2-10-6(3-5)7(12)13/h1-3H,4H2,(H,12,13)(H3,9,11,14). The van der Waals surface area contributed by atoms with Gasteiger partial charge in [0.05, 0.1) is 0 Å². The molecule has 0 fully saturated rings. The highest BCUT2D eigenvalue weighted by Crippen LogP contribution is 2.01. The van der Waals surface area contributed by atoms with Crippen molar-refractivity contribution in [1.82, 2.24) is 10.3 Å². The van der Waals surface area contributed by atoms with Crippen molar-refractivity contribution in [3.8, 4) is 0 Å². The zero-order valence-corrected chi connectivity index (χ0v) is 7.23. The van der Waals surface area contributed by atoms with Crippen LogP contribution in [-0.2, 0) is 6.54 Å². The molecule has 0 aromatic carbocycles. The first-order chi connectivity index (χ1) is 6.59. The lowest BCUT2D eigenvalue weighted by molar-refractivity contribution is 0.0690. The van der Waals surface area contributed by atoms with Gasteiger partial charge in [0, 0.05) is 12.7 Å². The van der Waals surface area contributed by atoms with Crippen LogP contribution in [-0.4, -0.2) is 22.1 Å². The number of carbonyl (C=O) groups excluding carboxylic acids is 1. The van der Waals surface area contributed by atoms with Crippen LogP contribution in [0, 0.1) is 0 Å². The lowest BCUT2D eigenvalue weighted by atomic mass is 10.2. The Morgan fingerprint density at radius 2 is 2.29 bits per heavy atom. The summed E-state index contributed by atoms with van der Waals surface area (Å²) >= 11 is 0. The molecule has 14 heavy (non-hydrogen) atoms. The second kappa shape index (κ2) is 4.22. The Morgan fingerprint density at radius 3 is 2.86 bits per heavy atom. The highest BCUT2D eigenvalue weighted by atomic mass is 16.4. The molecule has 4 N–H and O–H groups in total. The van der Waals surface area contributed by atoms with Gasteiger partial charge >= 0.3 is 12.0 Å². The third kappa shape index (κ3) is 2.74. The fourth-order valence-electron chi connectivity index (χ4n) is 0.890. The molecule has 0 radical (unpaired) electrons. The Bertz CT molecular complexity index is 365. The average molecular weight is 195 g/mol. The van der Waals surface area contributed by atoms with Crippen LogP contribution in [0.4, 0.5) is 4.79 Å². The van der Waals surface area contributed by atoms with Gasteiger partial charge in [0.1, 0.15) is 5.69 Å². The fraction of sp³-hybridized carbons (Fsp3) is 0.125. The third-order valence-electron chi connectivity index (χ3n) is 1.51. The van der Waals surface area contributed by atoms with Gasteiger partial charge in [0.15, 0.2) is 0 Å².